The van der Waals surface area contributed by atoms with E-state index in [1.54, 1.807) is 6.92 Å². The van der Waals surface area contributed by atoms with E-state index in [0.717, 1.165) is 23.5 Å². The molecule has 0 saturated carbocycles. The molecule has 0 N–H and O–H groups in total. The first-order valence-electron chi connectivity index (χ1n) is 8.39. The molecular formula is C20H24N2O. The molecule has 0 radical (unpaired) electrons. The Morgan fingerprint density at radius 2 is 1.65 bits per heavy atom. The Labute approximate surface area is 138 Å². The molecule has 1 atom stereocenters. The van der Waals surface area contributed by atoms with Crippen molar-refractivity contribution >= 4 is 17.2 Å². The van der Waals surface area contributed by atoms with Gasteiger partial charge in [-0.15, -0.1) is 0 Å². The smallest absolute Gasteiger partial charge is 0.159 e. The molecule has 3 nitrogen and oxygen atoms in total. The van der Waals surface area contributed by atoms with Crippen LogP contribution in [0.2, 0.25) is 0 Å². The number of carbonyl (C=O) groups is 1. The third-order valence-corrected chi connectivity index (χ3v) is 4.54. The molecule has 0 bridgehead atoms. The third kappa shape index (κ3) is 3.45. The SMILES string of the molecule is CC(=O)c1ccc(N(c2ccccc2)N2CCCCC2C)cc1. The van der Waals surface area contributed by atoms with Crippen LogP contribution >= 0.6 is 0 Å². The number of hydrogen-bond donors (Lipinski definition) is 0. The minimum absolute atomic E-state index is 0.106. The number of hydrazine groups is 1. The molecule has 120 valence electrons. The van der Waals surface area contributed by atoms with Gasteiger partial charge in [-0.3, -0.25) is 9.80 Å². The van der Waals surface area contributed by atoms with Crippen LogP contribution in [0.1, 0.15) is 43.5 Å². The van der Waals surface area contributed by atoms with Gasteiger partial charge in [-0.1, -0.05) is 24.6 Å². The number of nitrogens with zero attached hydrogens (tertiary/aromatic N) is 2. The standard InChI is InChI=1S/C20H24N2O/c1-16-8-6-7-15-21(16)22(19-9-4-3-5-10-19)20-13-11-18(12-14-20)17(2)23/h3-5,9-14,16H,6-8,15H2,1-2H3. The molecule has 2 aromatic rings. The molecule has 3 heteroatoms. The average Bonchev–Trinajstić information content (AvgIpc) is 2.58. The van der Waals surface area contributed by atoms with Crippen molar-refractivity contribution < 1.29 is 4.79 Å². The van der Waals surface area contributed by atoms with Crippen molar-refractivity contribution in [3.63, 3.8) is 0 Å². The second-order valence-electron chi connectivity index (χ2n) is 6.26. The van der Waals surface area contributed by atoms with E-state index in [1.807, 2.05) is 30.3 Å². The lowest BCUT2D eigenvalue weighted by molar-refractivity contribution is 0.101. The van der Waals surface area contributed by atoms with Gasteiger partial charge in [0.15, 0.2) is 5.78 Å². The van der Waals surface area contributed by atoms with Crippen LogP contribution in [0, 0.1) is 0 Å². The molecule has 0 spiro atoms. The summed E-state index contributed by atoms with van der Waals surface area (Å²) < 4.78 is 0. The molecule has 0 aromatic heterocycles. The zero-order valence-electron chi connectivity index (χ0n) is 13.9. The second-order valence-corrected chi connectivity index (χ2v) is 6.26. The molecule has 23 heavy (non-hydrogen) atoms. The van der Waals surface area contributed by atoms with E-state index in [4.69, 9.17) is 0 Å². The number of benzene rings is 2. The van der Waals surface area contributed by atoms with Gasteiger partial charge in [0.2, 0.25) is 0 Å². The Morgan fingerprint density at radius 1 is 1.00 bits per heavy atom. The van der Waals surface area contributed by atoms with Crippen LogP contribution in [0.15, 0.2) is 54.6 Å². The van der Waals surface area contributed by atoms with Crippen molar-refractivity contribution in [3.8, 4) is 0 Å². The Bertz CT molecular complexity index is 651. The highest BCUT2D eigenvalue weighted by molar-refractivity contribution is 5.94. The summed E-state index contributed by atoms with van der Waals surface area (Å²) in [6, 6.07) is 18.9. The van der Waals surface area contributed by atoms with Gasteiger partial charge >= 0.3 is 0 Å². The van der Waals surface area contributed by atoms with Gasteiger partial charge in [0.1, 0.15) is 0 Å². The first kappa shape index (κ1) is 15.8. The third-order valence-electron chi connectivity index (χ3n) is 4.54. The van der Waals surface area contributed by atoms with E-state index in [9.17, 15) is 4.79 Å². The van der Waals surface area contributed by atoms with E-state index in [-0.39, 0.29) is 5.78 Å². The second kappa shape index (κ2) is 6.97. The van der Waals surface area contributed by atoms with Crippen molar-refractivity contribution in [1.29, 1.82) is 0 Å². The molecule has 1 aliphatic rings. The van der Waals surface area contributed by atoms with E-state index >= 15 is 0 Å². The van der Waals surface area contributed by atoms with Crippen LogP contribution < -0.4 is 5.01 Å². The first-order valence-corrected chi connectivity index (χ1v) is 8.39. The van der Waals surface area contributed by atoms with Crippen molar-refractivity contribution in [3.05, 3.63) is 60.2 Å². The summed E-state index contributed by atoms with van der Waals surface area (Å²) in [5, 5.41) is 4.75. The largest absolute Gasteiger partial charge is 0.295 e. The summed E-state index contributed by atoms with van der Waals surface area (Å²) in [4.78, 5) is 11.5. The van der Waals surface area contributed by atoms with Crippen molar-refractivity contribution in [2.75, 3.05) is 11.6 Å². The predicted molar refractivity (Wildman–Crippen MR) is 95.0 cm³/mol. The highest BCUT2D eigenvalue weighted by Crippen LogP contribution is 2.31. The molecule has 3 rings (SSSR count). The van der Waals surface area contributed by atoms with Crippen molar-refractivity contribution in [2.24, 2.45) is 0 Å². The van der Waals surface area contributed by atoms with Crippen LogP contribution in [0.4, 0.5) is 11.4 Å². The minimum Gasteiger partial charge on any atom is -0.295 e. The fraction of sp³-hybridized carbons (Fsp3) is 0.350. The van der Waals surface area contributed by atoms with Crippen molar-refractivity contribution in [2.45, 2.75) is 39.2 Å². The van der Waals surface area contributed by atoms with Gasteiger partial charge in [0.25, 0.3) is 0 Å². The lowest BCUT2D eigenvalue weighted by Crippen LogP contribution is -2.48. The zero-order chi connectivity index (χ0) is 16.2. The molecule has 1 fully saturated rings. The average molecular weight is 308 g/mol. The quantitative estimate of drug-likeness (QED) is 0.757. The first-order chi connectivity index (χ1) is 11.2. The summed E-state index contributed by atoms with van der Waals surface area (Å²) in [6.45, 7) is 4.96. The highest BCUT2D eigenvalue weighted by atomic mass is 16.1. The number of anilines is 2. The van der Waals surface area contributed by atoms with Gasteiger partial charge in [-0.25, -0.2) is 5.01 Å². The van der Waals surface area contributed by atoms with Crippen LogP contribution in [0.5, 0.6) is 0 Å². The normalized spacial score (nSPS) is 18.6. The van der Waals surface area contributed by atoms with E-state index < -0.39 is 0 Å². The summed E-state index contributed by atoms with van der Waals surface area (Å²) in [5.41, 5.74) is 3.03. The number of Topliss-reactive ketones (excluding diaryl/α,β-unsaturated/α-hetero) is 1. The van der Waals surface area contributed by atoms with Crippen LogP contribution in [-0.2, 0) is 0 Å². The molecule has 1 aliphatic heterocycles. The molecular weight excluding hydrogens is 284 g/mol. The summed E-state index contributed by atoms with van der Waals surface area (Å²) in [6.07, 6.45) is 3.73. The number of ketones is 1. The predicted octanol–water partition coefficient (Wildman–Crippen LogP) is 4.82. The minimum atomic E-state index is 0.106. The summed E-state index contributed by atoms with van der Waals surface area (Å²) in [7, 11) is 0. The highest BCUT2D eigenvalue weighted by Gasteiger charge is 2.25. The topological polar surface area (TPSA) is 23.6 Å². The maximum absolute atomic E-state index is 11.5. The fourth-order valence-electron chi connectivity index (χ4n) is 3.23. The van der Waals surface area contributed by atoms with Crippen LogP contribution in [0.25, 0.3) is 0 Å². The number of hydrogen-bond acceptors (Lipinski definition) is 3. The maximum atomic E-state index is 11.5. The maximum Gasteiger partial charge on any atom is 0.159 e. The lowest BCUT2D eigenvalue weighted by atomic mass is 10.1. The summed E-state index contributed by atoms with van der Waals surface area (Å²) >= 11 is 0. The van der Waals surface area contributed by atoms with E-state index in [2.05, 4.69) is 41.2 Å². The van der Waals surface area contributed by atoms with Crippen LogP contribution in [0.3, 0.4) is 0 Å². The zero-order valence-corrected chi connectivity index (χ0v) is 13.9. The molecule has 1 saturated heterocycles. The number of piperidine rings is 1. The Hall–Kier alpha value is -2.13. The van der Waals surface area contributed by atoms with Crippen LogP contribution in [-0.4, -0.2) is 23.4 Å². The monoisotopic (exact) mass is 308 g/mol. The van der Waals surface area contributed by atoms with Gasteiger partial charge in [0, 0.05) is 18.2 Å². The van der Waals surface area contributed by atoms with E-state index in [1.165, 1.54) is 19.3 Å². The van der Waals surface area contributed by atoms with Gasteiger partial charge in [0.05, 0.1) is 11.4 Å². The molecule has 2 aromatic carbocycles. The van der Waals surface area contributed by atoms with Gasteiger partial charge in [-0.05, 0) is 63.1 Å². The van der Waals surface area contributed by atoms with Gasteiger partial charge in [-0.2, -0.15) is 0 Å². The Kier molecular flexibility index (Phi) is 4.77. The number of para-hydroxylation sites is 1. The molecule has 0 aliphatic carbocycles. The van der Waals surface area contributed by atoms with Crippen molar-refractivity contribution in [1.82, 2.24) is 5.01 Å². The van der Waals surface area contributed by atoms with Gasteiger partial charge < -0.3 is 0 Å². The van der Waals surface area contributed by atoms with E-state index in [0.29, 0.717) is 6.04 Å². The summed E-state index contributed by atoms with van der Waals surface area (Å²) in [5.74, 6) is 0.106. The fourth-order valence-corrected chi connectivity index (χ4v) is 3.23. The number of carbonyl (C=O) groups excluding carboxylic acids is 1. The lowest BCUT2D eigenvalue weighted by Gasteiger charge is -2.43. The molecule has 1 unspecified atom stereocenters. The Balaban J connectivity index is 1.99. The molecule has 0 amide bonds. The number of rotatable bonds is 4. The molecule has 1 heterocycles. The Morgan fingerprint density at radius 3 is 2.26 bits per heavy atom.